The van der Waals surface area contributed by atoms with Crippen molar-refractivity contribution >= 4 is 29.9 Å². The van der Waals surface area contributed by atoms with Gasteiger partial charge in [0.25, 0.3) is 0 Å². The quantitative estimate of drug-likeness (QED) is 0.317. The monoisotopic (exact) mass is 497 g/mol. The van der Waals surface area contributed by atoms with E-state index in [2.05, 4.69) is 47.8 Å². The second-order valence-corrected chi connectivity index (χ2v) is 7.26. The van der Waals surface area contributed by atoms with Gasteiger partial charge in [-0.25, -0.2) is 4.99 Å². The average molecular weight is 497 g/mol. The van der Waals surface area contributed by atoms with Crippen LogP contribution < -0.4 is 15.4 Å². The lowest BCUT2D eigenvalue weighted by molar-refractivity contribution is 0.296. The molecule has 1 saturated carbocycles. The highest BCUT2D eigenvalue weighted by molar-refractivity contribution is 14.0. The SMILES string of the molecule is CCNC(=NCc1ccc(C)cc1OCC1CC1)NCCc1cnn(C)c1.I. The predicted molar refractivity (Wildman–Crippen MR) is 125 cm³/mol. The van der Waals surface area contributed by atoms with E-state index in [4.69, 9.17) is 9.73 Å². The summed E-state index contributed by atoms with van der Waals surface area (Å²) >= 11 is 0. The average Bonchev–Trinajstić information content (AvgIpc) is 3.39. The molecule has 0 saturated heterocycles. The highest BCUT2D eigenvalue weighted by Gasteiger charge is 2.22. The molecular weight excluding hydrogens is 465 g/mol. The van der Waals surface area contributed by atoms with Gasteiger partial charge in [0.1, 0.15) is 5.75 Å². The van der Waals surface area contributed by atoms with Crippen LogP contribution in [0.5, 0.6) is 5.75 Å². The van der Waals surface area contributed by atoms with Gasteiger partial charge in [-0.1, -0.05) is 12.1 Å². The van der Waals surface area contributed by atoms with Crippen LogP contribution in [0.2, 0.25) is 0 Å². The lowest BCUT2D eigenvalue weighted by Crippen LogP contribution is -2.38. The third-order valence-corrected chi connectivity index (χ3v) is 4.61. The van der Waals surface area contributed by atoms with E-state index < -0.39 is 0 Å². The Morgan fingerprint density at radius 1 is 1.32 bits per heavy atom. The molecule has 1 aromatic heterocycles. The number of aromatic nitrogens is 2. The maximum atomic E-state index is 6.06. The molecule has 2 aromatic rings. The molecule has 2 N–H and O–H groups in total. The highest BCUT2D eigenvalue weighted by atomic mass is 127. The molecule has 0 spiro atoms. The number of guanidine groups is 1. The van der Waals surface area contributed by atoms with Crippen LogP contribution >= 0.6 is 24.0 Å². The van der Waals surface area contributed by atoms with Crippen molar-refractivity contribution in [1.82, 2.24) is 20.4 Å². The van der Waals surface area contributed by atoms with E-state index in [0.717, 1.165) is 49.3 Å². The fourth-order valence-electron chi connectivity index (χ4n) is 2.85. The number of ether oxygens (including phenoxy) is 1. The molecule has 28 heavy (non-hydrogen) atoms. The van der Waals surface area contributed by atoms with Crippen LogP contribution in [-0.4, -0.2) is 35.4 Å². The summed E-state index contributed by atoms with van der Waals surface area (Å²) in [6.07, 6.45) is 7.46. The second-order valence-electron chi connectivity index (χ2n) is 7.26. The summed E-state index contributed by atoms with van der Waals surface area (Å²) in [4.78, 5) is 4.75. The van der Waals surface area contributed by atoms with E-state index >= 15 is 0 Å². The summed E-state index contributed by atoms with van der Waals surface area (Å²) in [5, 5.41) is 10.9. The first-order chi connectivity index (χ1) is 13.1. The molecule has 154 valence electrons. The van der Waals surface area contributed by atoms with Crippen LogP contribution in [0, 0.1) is 12.8 Å². The van der Waals surface area contributed by atoms with Crippen LogP contribution in [0.4, 0.5) is 0 Å². The minimum atomic E-state index is 0. The summed E-state index contributed by atoms with van der Waals surface area (Å²) in [6, 6.07) is 6.37. The number of benzene rings is 1. The number of aryl methyl sites for hydroxylation is 2. The number of rotatable bonds is 9. The minimum absolute atomic E-state index is 0. The summed E-state index contributed by atoms with van der Waals surface area (Å²) in [5.41, 5.74) is 3.57. The number of aliphatic imine (C=N–C) groups is 1. The zero-order valence-corrected chi connectivity index (χ0v) is 19.4. The van der Waals surface area contributed by atoms with E-state index in [-0.39, 0.29) is 24.0 Å². The maximum absolute atomic E-state index is 6.06. The topological polar surface area (TPSA) is 63.5 Å². The summed E-state index contributed by atoms with van der Waals surface area (Å²) < 4.78 is 7.88. The van der Waals surface area contributed by atoms with Gasteiger partial charge in [-0.05, 0) is 56.2 Å². The molecule has 1 aromatic carbocycles. The van der Waals surface area contributed by atoms with Gasteiger partial charge < -0.3 is 15.4 Å². The number of nitrogens with one attached hydrogen (secondary N) is 2. The molecule has 1 aliphatic carbocycles. The second kappa shape index (κ2) is 11.3. The predicted octanol–water partition coefficient (Wildman–Crippen LogP) is 3.43. The van der Waals surface area contributed by atoms with Crippen LogP contribution in [-0.2, 0) is 20.0 Å². The van der Waals surface area contributed by atoms with Gasteiger partial charge >= 0.3 is 0 Å². The molecule has 0 unspecified atom stereocenters. The van der Waals surface area contributed by atoms with Gasteiger partial charge in [-0.15, -0.1) is 24.0 Å². The summed E-state index contributed by atoms with van der Waals surface area (Å²) in [5.74, 6) is 2.54. The Hall–Kier alpha value is -1.77. The number of hydrogen-bond acceptors (Lipinski definition) is 3. The van der Waals surface area contributed by atoms with Gasteiger partial charge in [-0.2, -0.15) is 5.10 Å². The third-order valence-electron chi connectivity index (χ3n) is 4.61. The molecule has 0 amide bonds. The van der Waals surface area contributed by atoms with Crippen molar-refractivity contribution in [3.8, 4) is 5.75 Å². The third kappa shape index (κ3) is 7.33. The van der Waals surface area contributed by atoms with Crippen molar-refractivity contribution in [3.63, 3.8) is 0 Å². The van der Waals surface area contributed by atoms with Crippen molar-refractivity contribution < 1.29 is 4.74 Å². The first kappa shape index (κ1) is 22.5. The Bertz CT molecular complexity index is 770. The van der Waals surface area contributed by atoms with Gasteiger partial charge in [-0.3, -0.25) is 4.68 Å². The molecular formula is C21H32IN5O. The summed E-state index contributed by atoms with van der Waals surface area (Å²) in [7, 11) is 1.94. The van der Waals surface area contributed by atoms with Crippen LogP contribution in [0.1, 0.15) is 36.5 Å². The highest BCUT2D eigenvalue weighted by Crippen LogP contribution is 2.30. The molecule has 1 heterocycles. The van der Waals surface area contributed by atoms with Crippen molar-refractivity contribution in [2.75, 3.05) is 19.7 Å². The minimum Gasteiger partial charge on any atom is -0.493 e. The molecule has 1 aliphatic rings. The molecule has 0 atom stereocenters. The number of halogens is 1. The van der Waals surface area contributed by atoms with Crippen molar-refractivity contribution in [1.29, 1.82) is 0 Å². The normalized spacial score (nSPS) is 13.8. The lowest BCUT2D eigenvalue weighted by atomic mass is 10.1. The van der Waals surface area contributed by atoms with E-state index in [1.165, 1.54) is 24.0 Å². The molecule has 0 aliphatic heterocycles. The standard InChI is InChI=1S/C21H31N5O.HI/c1-4-22-21(23-10-9-18-12-25-26(3)14-18)24-13-19-8-5-16(2)11-20(19)27-15-17-6-7-17;/h5,8,11-12,14,17H,4,6-7,9-10,13,15H2,1-3H3,(H2,22,23,24);1H. The van der Waals surface area contributed by atoms with Crippen LogP contribution in [0.3, 0.4) is 0 Å². The van der Waals surface area contributed by atoms with Crippen molar-refractivity contribution in [3.05, 3.63) is 47.3 Å². The Morgan fingerprint density at radius 3 is 2.82 bits per heavy atom. The molecule has 1 fully saturated rings. The zero-order chi connectivity index (χ0) is 19.1. The van der Waals surface area contributed by atoms with Gasteiger partial charge in [0, 0.05) is 31.9 Å². The Morgan fingerprint density at radius 2 is 2.14 bits per heavy atom. The lowest BCUT2D eigenvalue weighted by Gasteiger charge is -2.13. The molecule has 0 bridgehead atoms. The number of hydrogen-bond donors (Lipinski definition) is 2. The maximum Gasteiger partial charge on any atom is 0.191 e. The first-order valence-corrected chi connectivity index (χ1v) is 9.86. The first-order valence-electron chi connectivity index (χ1n) is 9.86. The van der Waals surface area contributed by atoms with E-state index in [1.807, 2.05) is 24.1 Å². The zero-order valence-electron chi connectivity index (χ0n) is 17.1. The van der Waals surface area contributed by atoms with E-state index in [0.29, 0.717) is 6.54 Å². The molecule has 6 nitrogen and oxygen atoms in total. The Labute approximate surface area is 185 Å². The van der Waals surface area contributed by atoms with Gasteiger partial charge in [0.2, 0.25) is 0 Å². The molecule has 3 rings (SSSR count). The largest absolute Gasteiger partial charge is 0.493 e. The van der Waals surface area contributed by atoms with Crippen molar-refractivity contribution in [2.24, 2.45) is 18.0 Å². The number of nitrogens with zero attached hydrogens (tertiary/aromatic N) is 3. The van der Waals surface area contributed by atoms with Crippen molar-refractivity contribution in [2.45, 2.75) is 39.7 Å². The Balaban J connectivity index is 0.00000280. The summed E-state index contributed by atoms with van der Waals surface area (Å²) in [6.45, 7) is 7.25. The van der Waals surface area contributed by atoms with Gasteiger partial charge in [0.15, 0.2) is 5.96 Å². The smallest absolute Gasteiger partial charge is 0.191 e. The fourth-order valence-corrected chi connectivity index (χ4v) is 2.85. The Kier molecular flexibility index (Phi) is 9.08. The van der Waals surface area contributed by atoms with Crippen LogP contribution in [0.15, 0.2) is 35.6 Å². The van der Waals surface area contributed by atoms with E-state index in [1.54, 1.807) is 0 Å². The van der Waals surface area contributed by atoms with Gasteiger partial charge in [0.05, 0.1) is 19.3 Å². The van der Waals surface area contributed by atoms with Crippen LogP contribution in [0.25, 0.3) is 0 Å². The molecule has 0 radical (unpaired) electrons. The van der Waals surface area contributed by atoms with E-state index in [9.17, 15) is 0 Å². The molecule has 7 heteroatoms. The fraction of sp³-hybridized carbons (Fsp3) is 0.524.